The highest BCUT2D eigenvalue weighted by Gasteiger charge is 2.17. The van der Waals surface area contributed by atoms with Crippen molar-refractivity contribution in [3.63, 3.8) is 0 Å². The molecule has 0 fully saturated rings. The quantitative estimate of drug-likeness (QED) is 0.548. The number of benzene rings is 2. The van der Waals surface area contributed by atoms with Gasteiger partial charge in [-0.3, -0.25) is 9.83 Å². The van der Waals surface area contributed by atoms with Gasteiger partial charge in [0.05, 0.1) is 31.4 Å². The van der Waals surface area contributed by atoms with Gasteiger partial charge in [-0.05, 0) is 56.7 Å². The summed E-state index contributed by atoms with van der Waals surface area (Å²) in [7, 11) is 1.64. The van der Waals surface area contributed by atoms with Gasteiger partial charge in [0.2, 0.25) is 0 Å². The van der Waals surface area contributed by atoms with E-state index in [0.717, 1.165) is 22.5 Å². The molecule has 0 aliphatic carbocycles. The van der Waals surface area contributed by atoms with Gasteiger partial charge in [0.15, 0.2) is 0 Å². The van der Waals surface area contributed by atoms with Crippen molar-refractivity contribution in [3.05, 3.63) is 83.7 Å². The van der Waals surface area contributed by atoms with E-state index in [4.69, 9.17) is 14.3 Å². The Balaban J connectivity index is 1.55. The summed E-state index contributed by atoms with van der Waals surface area (Å²) in [5.41, 5.74) is 6.42. The van der Waals surface area contributed by atoms with Gasteiger partial charge in [-0.2, -0.15) is 0 Å². The molecule has 2 heterocycles. The van der Waals surface area contributed by atoms with Crippen molar-refractivity contribution in [1.29, 1.82) is 0 Å². The molecule has 1 N–H and O–H groups in total. The molecule has 33 heavy (non-hydrogen) atoms. The number of amidine groups is 1. The Kier molecular flexibility index (Phi) is 6.74. The average Bonchev–Trinajstić information content (AvgIpc) is 3.16. The third-order valence-electron chi connectivity index (χ3n) is 5.25. The highest BCUT2D eigenvalue weighted by atomic mass is 19.1. The molecule has 0 spiro atoms. The van der Waals surface area contributed by atoms with Crippen LogP contribution in [0.5, 0.6) is 5.75 Å². The number of hydrogen-bond donors (Lipinski definition) is 1. The molecule has 2 aromatic carbocycles. The summed E-state index contributed by atoms with van der Waals surface area (Å²) >= 11 is 0. The van der Waals surface area contributed by atoms with Crippen LogP contribution in [0.4, 0.5) is 4.39 Å². The van der Waals surface area contributed by atoms with Crippen LogP contribution in [0.15, 0.2) is 66.1 Å². The number of nitrogens with zero attached hydrogens (tertiary/aromatic N) is 3. The van der Waals surface area contributed by atoms with Gasteiger partial charge in [0.1, 0.15) is 35.4 Å². The molecule has 0 saturated heterocycles. The SMILES string of the molecule is COc1cc(C2=CC(NO[C@H](C)c3ccc(F)cc3)=NC[C@H](C)O2)ccc1-n1cnc(C)c1. The van der Waals surface area contributed by atoms with Crippen molar-refractivity contribution in [3.8, 4) is 11.4 Å². The molecule has 7 nitrogen and oxygen atoms in total. The molecule has 0 unspecified atom stereocenters. The van der Waals surface area contributed by atoms with Crippen molar-refractivity contribution in [2.24, 2.45) is 4.99 Å². The first-order valence-corrected chi connectivity index (χ1v) is 10.7. The minimum absolute atomic E-state index is 0.118. The van der Waals surface area contributed by atoms with Gasteiger partial charge >= 0.3 is 0 Å². The Morgan fingerprint density at radius 2 is 2.00 bits per heavy atom. The zero-order valence-corrected chi connectivity index (χ0v) is 19.1. The lowest BCUT2D eigenvalue weighted by Gasteiger charge is -2.16. The van der Waals surface area contributed by atoms with E-state index in [-0.39, 0.29) is 18.0 Å². The summed E-state index contributed by atoms with van der Waals surface area (Å²) in [5.74, 6) is 1.60. The van der Waals surface area contributed by atoms with Crippen molar-refractivity contribution >= 4 is 11.6 Å². The Hall–Kier alpha value is -3.65. The average molecular weight is 451 g/mol. The minimum Gasteiger partial charge on any atom is -0.495 e. The molecular formula is C25H27FN4O3. The Morgan fingerprint density at radius 3 is 2.70 bits per heavy atom. The second-order valence-electron chi connectivity index (χ2n) is 7.89. The molecule has 1 aliphatic rings. The van der Waals surface area contributed by atoms with Crippen LogP contribution >= 0.6 is 0 Å². The Labute approximate surface area is 192 Å². The molecule has 0 radical (unpaired) electrons. The number of halogens is 1. The molecule has 4 rings (SSSR count). The maximum absolute atomic E-state index is 13.2. The second kappa shape index (κ2) is 9.87. The molecule has 1 aliphatic heterocycles. The zero-order chi connectivity index (χ0) is 23.4. The normalized spacial score (nSPS) is 16.8. The molecule has 0 bridgehead atoms. The van der Waals surface area contributed by atoms with Gasteiger partial charge < -0.3 is 14.0 Å². The molecule has 0 saturated carbocycles. The van der Waals surface area contributed by atoms with Crippen LogP contribution in [0, 0.1) is 12.7 Å². The zero-order valence-electron chi connectivity index (χ0n) is 19.1. The lowest BCUT2D eigenvalue weighted by molar-refractivity contribution is 0.0210. The van der Waals surface area contributed by atoms with Gasteiger partial charge in [0.25, 0.3) is 0 Å². The number of methoxy groups -OCH3 is 1. The monoisotopic (exact) mass is 450 g/mol. The van der Waals surface area contributed by atoms with Crippen LogP contribution in [-0.2, 0) is 9.57 Å². The van der Waals surface area contributed by atoms with Crippen molar-refractivity contribution in [2.45, 2.75) is 33.0 Å². The predicted octanol–water partition coefficient (Wildman–Crippen LogP) is 4.77. The number of hydroxylamine groups is 1. The minimum atomic E-state index is -0.301. The molecular weight excluding hydrogens is 423 g/mol. The van der Waals surface area contributed by atoms with E-state index < -0.39 is 0 Å². The molecule has 0 amide bonds. The lowest BCUT2D eigenvalue weighted by Crippen LogP contribution is -2.24. The van der Waals surface area contributed by atoms with Crippen molar-refractivity contribution < 1.29 is 18.7 Å². The van der Waals surface area contributed by atoms with Gasteiger partial charge in [-0.15, -0.1) is 0 Å². The Bertz CT molecular complexity index is 1170. The number of aliphatic imine (C=N–C) groups is 1. The number of rotatable bonds is 6. The fourth-order valence-corrected chi connectivity index (χ4v) is 3.45. The largest absolute Gasteiger partial charge is 0.495 e. The lowest BCUT2D eigenvalue weighted by atomic mass is 10.1. The van der Waals surface area contributed by atoms with E-state index in [0.29, 0.717) is 23.9 Å². The van der Waals surface area contributed by atoms with Crippen molar-refractivity contribution in [1.82, 2.24) is 15.0 Å². The number of hydrogen-bond acceptors (Lipinski definition) is 6. The predicted molar refractivity (Wildman–Crippen MR) is 125 cm³/mol. The van der Waals surface area contributed by atoms with Crippen LogP contribution in [0.2, 0.25) is 0 Å². The van der Waals surface area contributed by atoms with E-state index >= 15 is 0 Å². The third-order valence-corrected chi connectivity index (χ3v) is 5.25. The summed E-state index contributed by atoms with van der Waals surface area (Å²) in [4.78, 5) is 14.6. The van der Waals surface area contributed by atoms with E-state index in [1.54, 1.807) is 31.6 Å². The van der Waals surface area contributed by atoms with Gasteiger partial charge in [0, 0.05) is 17.8 Å². The fourth-order valence-electron chi connectivity index (χ4n) is 3.45. The standard InChI is InChI=1S/C25H27FN4O3/c1-16-14-30(15-28-16)22-10-7-20(11-24(22)31-4)23-12-25(27-13-17(2)32-23)29-33-18(3)19-5-8-21(26)9-6-19/h5-12,14-15,17-18H,13H2,1-4H3,(H,27,29)/t17-,18+/m0/s1. The van der Waals surface area contributed by atoms with E-state index in [2.05, 4.69) is 15.5 Å². The summed E-state index contributed by atoms with van der Waals surface area (Å²) in [5, 5.41) is 0. The second-order valence-corrected chi connectivity index (χ2v) is 7.89. The molecule has 172 valence electrons. The smallest absolute Gasteiger partial charge is 0.148 e. The number of ether oxygens (including phenoxy) is 2. The highest BCUT2D eigenvalue weighted by molar-refractivity contribution is 5.98. The first-order chi connectivity index (χ1) is 15.9. The van der Waals surface area contributed by atoms with Crippen molar-refractivity contribution in [2.75, 3.05) is 13.7 Å². The summed E-state index contributed by atoms with van der Waals surface area (Å²) < 4.78 is 26.8. The summed E-state index contributed by atoms with van der Waals surface area (Å²) in [6.07, 6.45) is 5.08. The van der Waals surface area contributed by atoms with Crippen LogP contribution in [0.3, 0.4) is 0 Å². The van der Waals surface area contributed by atoms with Crippen LogP contribution in [-0.4, -0.2) is 35.1 Å². The molecule has 3 aromatic rings. The summed E-state index contributed by atoms with van der Waals surface area (Å²) in [6.45, 7) is 6.25. The number of aryl methyl sites for hydroxylation is 1. The maximum Gasteiger partial charge on any atom is 0.148 e. The first kappa shape index (κ1) is 22.5. The Morgan fingerprint density at radius 1 is 1.21 bits per heavy atom. The summed E-state index contributed by atoms with van der Waals surface area (Å²) in [6, 6.07) is 12.1. The molecule has 8 heteroatoms. The number of aromatic nitrogens is 2. The van der Waals surface area contributed by atoms with Gasteiger partial charge in [-0.25, -0.2) is 14.9 Å². The third kappa shape index (κ3) is 5.40. The topological polar surface area (TPSA) is 69.9 Å². The maximum atomic E-state index is 13.2. The number of nitrogens with one attached hydrogen (secondary N) is 1. The molecule has 1 aromatic heterocycles. The first-order valence-electron chi connectivity index (χ1n) is 10.7. The van der Waals surface area contributed by atoms with Crippen LogP contribution < -0.4 is 10.2 Å². The van der Waals surface area contributed by atoms with E-state index in [1.807, 2.05) is 49.7 Å². The van der Waals surface area contributed by atoms with E-state index in [1.165, 1.54) is 12.1 Å². The fraction of sp³-hybridized carbons (Fsp3) is 0.280. The van der Waals surface area contributed by atoms with Crippen LogP contribution in [0.1, 0.15) is 36.8 Å². The van der Waals surface area contributed by atoms with E-state index in [9.17, 15) is 4.39 Å². The van der Waals surface area contributed by atoms with Crippen LogP contribution in [0.25, 0.3) is 11.4 Å². The highest BCUT2D eigenvalue weighted by Crippen LogP contribution is 2.29. The number of imidazole rings is 1. The molecule has 2 atom stereocenters. The van der Waals surface area contributed by atoms with Gasteiger partial charge in [-0.1, -0.05) is 12.1 Å².